The van der Waals surface area contributed by atoms with Crippen LogP contribution in [0.5, 0.6) is 0 Å². The van der Waals surface area contributed by atoms with Gasteiger partial charge in [-0.15, -0.1) is 0 Å². The minimum absolute atomic E-state index is 0.0584. The second-order valence-electron chi connectivity index (χ2n) is 11.8. The third-order valence-corrected chi connectivity index (χ3v) is 10.0. The van der Waals surface area contributed by atoms with Gasteiger partial charge in [0.15, 0.2) is 0 Å². The molecule has 3 aliphatic carbocycles. The van der Waals surface area contributed by atoms with Gasteiger partial charge >= 0.3 is 0 Å². The Balaban J connectivity index is 1.35. The van der Waals surface area contributed by atoms with Gasteiger partial charge in [-0.2, -0.15) is 0 Å². The molecule has 180 valence electrons. The Morgan fingerprint density at radius 3 is 2.44 bits per heavy atom. The van der Waals surface area contributed by atoms with Gasteiger partial charge in [-0.3, -0.25) is 15.1 Å². The molecule has 0 bridgehead atoms. The van der Waals surface area contributed by atoms with E-state index in [9.17, 15) is 4.79 Å². The summed E-state index contributed by atoms with van der Waals surface area (Å²) in [6, 6.07) is 0.506. The second kappa shape index (κ2) is 9.61. The van der Waals surface area contributed by atoms with Crippen LogP contribution >= 0.6 is 0 Å². The Morgan fingerprint density at radius 1 is 0.906 bits per heavy atom. The summed E-state index contributed by atoms with van der Waals surface area (Å²) in [6.45, 7) is 4.84. The van der Waals surface area contributed by atoms with E-state index in [1.807, 2.05) is 0 Å². The summed E-state index contributed by atoms with van der Waals surface area (Å²) in [4.78, 5) is 21.0. The monoisotopic (exact) mass is 443 g/mol. The lowest BCUT2D eigenvalue weighted by Gasteiger charge is -2.46. The molecule has 1 amide bonds. The van der Waals surface area contributed by atoms with Crippen LogP contribution in [0.4, 0.5) is 0 Å². The summed E-state index contributed by atoms with van der Waals surface area (Å²) in [5.41, 5.74) is 5.98. The smallest absolute Gasteiger partial charge is 0.240 e. The maximum absolute atomic E-state index is 13.8. The molecule has 3 N–H and O–H groups in total. The van der Waals surface area contributed by atoms with Crippen LogP contribution in [0.25, 0.3) is 0 Å². The largest absolute Gasteiger partial charge is 0.387 e. The van der Waals surface area contributed by atoms with Crippen LogP contribution in [0.15, 0.2) is 0 Å². The molecule has 2 saturated heterocycles. The van der Waals surface area contributed by atoms with Crippen molar-refractivity contribution in [1.82, 2.24) is 14.7 Å². The number of amidine groups is 1. The number of likely N-dealkylation sites (tertiary alicyclic amines) is 1. The predicted octanol–water partition coefficient (Wildman–Crippen LogP) is 3.16. The van der Waals surface area contributed by atoms with Crippen LogP contribution < -0.4 is 5.73 Å². The van der Waals surface area contributed by atoms with Crippen LogP contribution in [0.2, 0.25) is 0 Å². The molecule has 32 heavy (non-hydrogen) atoms. The molecule has 2 heterocycles. The number of nitrogens with one attached hydrogen (secondary N) is 1. The highest BCUT2D eigenvalue weighted by molar-refractivity contribution is 5.83. The Morgan fingerprint density at radius 2 is 1.66 bits per heavy atom. The minimum Gasteiger partial charge on any atom is -0.387 e. The number of hydrogen-bond donors (Lipinski definition) is 2. The Kier molecular flexibility index (Phi) is 6.80. The van der Waals surface area contributed by atoms with Crippen molar-refractivity contribution in [2.45, 2.75) is 82.7 Å². The maximum Gasteiger partial charge on any atom is 0.240 e. The van der Waals surface area contributed by atoms with Crippen molar-refractivity contribution in [2.24, 2.45) is 35.3 Å². The summed E-state index contributed by atoms with van der Waals surface area (Å²) >= 11 is 0. The third kappa shape index (κ3) is 4.46. The van der Waals surface area contributed by atoms with Crippen molar-refractivity contribution in [3.63, 3.8) is 0 Å². The van der Waals surface area contributed by atoms with E-state index < -0.39 is 0 Å². The van der Waals surface area contributed by atoms with Crippen molar-refractivity contribution >= 4 is 11.7 Å². The SMILES string of the molecule is CN1CCN(C(=O)C2CC3CCC(C(=N)N)CC3N2CC2CCCC3CCCCC32)CC1. The van der Waals surface area contributed by atoms with Crippen molar-refractivity contribution < 1.29 is 4.79 Å². The maximum atomic E-state index is 13.8. The molecule has 0 aromatic heterocycles. The number of carbonyl (C=O) groups excluding carboxylic acids is 1. The molecule has 7 atom stereocenters. The summed E-state index contributed by atoms with van der Waals surface area (Å²) in [7, 11) is 2.16. The number of amides is 1. The lowest BCUT2D eigenvalue weighted by Crippen LogP contribution is -2.55. The van der Waals surface area contributed by atoms with Gasteiger partial charge in [0.2, 0.25) is 5.91 Å². The Labute approximate surface area is 194 Å². The van der Waals surface area contributed by atoms with Crippen LogP contribution in [0.1, 0.15) is 70.6 Å². The fourth-order valence-corrected chi connectivity index (χ4v) is 8.14. The van der Waals surface area contributed by atoms with E-state index in [0.29, 0.717) is 23.7 Å². The van der Waals surface area contributed by atoms with Gasteiger partial charge in [0.05, 0.1) is 11.9 Å². The van der Waals surface area contributed by atoms with E-state index in [-0.39, 0.29) is 12.0 Å². The van der Waals surface area contributed by atoms with Crippen LogP contribution in [-0.2, 0) is 4.79 Å². The van der Waals surface area contributed by atoms with Gasteiger partial charge in [0.1, 0.15) is 0 Å². The molecule has 2 aliphatic heterocycles. The zero-order valence-corrected chi connectivity index (χ0v) is 20.2. The highest BCUT2D eigenvalue weighted by Gasteiger charge is 2.49. The first-order valence-corrected chi connectivity index (χ1v) is 13.6. The summed E-state index contributed by atoms with van der Waals surface area (Å²) in [5.74, 6) is 4.15. The highest BCUT2D eigenvalue weighted by Crippen LogP contribution is 2.47. The van der Waals surface area contributed by atoms with Crippen LogP contribution in [0, 0.1) is 35.0 Å². The van der Waals surface area contributed by atoms with Crippen molar-refractivity contribution in [3.05, 3.63) is 0 Å². The zero-order valence-electron chi connectivity index (χ0n) is 20.2. The zero-order chi connectivity index (χ0) is 22.2. The van der Waals surface area contributed by atoms with Gasteiger partial charge in [-0.05, 0) is 69.2 Å². The number of piperazine rings is 1. The number of hydrogen-bond acceptors (Lipinski definition) is 4. The van der Waals surface area contributed by atoms with Gasteiger partial charge in [0, 0.05) is 44.7 Å². The fraction of sp³-hybridized carbons (Fsp3) is 0.923. The molecule has 0 spiro atoms. The number of likely N-dealkylation sites (N-methyl/N-ethyl adjacent to an activating group) is 1. The molecular weight excluding hydrogens is 398 g/mol. The molecule has 5 fully saturated rings. The average molecular weight is 444 g/mol. The van der Waals surface area contributed by atoms with Crippen molar-refractivity contribution in [1.29, 1.82) is 5.41 Å². The van der Waals surface area contributed by atoms with Crippen molar-refractivity contribution in [2.75, 3.05) is 39.8 Å². The van der Waals surface area contributed by atoms with Gasteiger partial charge < -0.3 is 15.5 Å². The first-order chi connectivity index (χ1) is 15.5. The molecular formula is C26H45N5O. The molecule has 5 rings (SSSR count). The van der Waals surface area contributed by atoms with Gasteiger partial charge in [-0.25, -0.2) is 0 Å². The van der Waals surface area contributed by atoms with Crippen LogP contribution in [-0.4, -0.2) is 78.3 Å². The lowest BCUT2D eigenvalue weighted by atomic mass is 9.65. The number of nitrogens with zero attached hydrogens (tertiary/aromatic N) is 3. The van der Waals surface area contributed by atoms with Gasteiger partial charge in [-0.1, -0.05) is 32.1 Å². The summed E-state index contributed by atoms with van der Waals surface area (Å²) in [5, 5.41) is 8.07. The molecule has 7 unspecified atom stereocenters. The van der Waals surface area contributed by atoms with E-state index in [1.54, 1.807) is 0 Å². The second-order valence-corrected chi connectivity index (χ2v) is 11.8. The Bertz CT molecular complexity index is 688. The first kappa shape index (κ1) is 22.6. The highest BCUT2D eigenvalue weighted by atomic mass is 16.2. The quantitative estimate of drug-likeness (QED) is 0.517. The van der Waals surface area contributed by atoms with Gasteiger partial charge in [0.25, 0.3) is 0 Å². The summed E-state index contributed by atoms with van der Waals surface area (Å²) in [6.07, 6.45) is 14.0. The average Bonchev–Trinajstić information content (AvgIpc) is 3.17. The number of rotatable bonds is 4. The van der Waals surface area contributed by atoms with E-state index >= 15 is 0 Å². The molecule has 0 radical (unpaired) electrons. The normalized spacial score (nSPS) is 41.2. The number of carbonyl (C=O) groups is 1. The summed E-state index contributed by atoms with van der Waals surface area (Å²) < 4.78 is 0. The molecule has 3 saturated carbocycles. The van der Waals surface area contributed by atoms with E-state index in [0.717, 1.165) is 76.2 Å². The third-order valence-electron chi connectivity index (χ3n) is 10.0. The molecule has 0 aromatic rings. The number of fused-ring (bicyclic) bond motifs is 2. The van der Waals surface area contributed by atoms with E-state index in [2.05, 4.69) is 21.7 Å². The minimum atomic E-state index is 0.0584. The molecule has 6 nitrogen and oxygen atoms in total. The van der Waals surface area contributed by atoms with Crippen LogP contribution in [0.3, 0.4) is 0 Å². The molecule has 5 aliphatic rings. The molecule has 0 aromatic carbocycles. The molecule has 6 heteroatoms. The first-order valence-electron chi connectivity index (χ1n) is 13.6. The topological polar surface area (TPSA) is 76.7 Å². The van der Waals surface area contributed by atoms with E-state index in [1.165, 1.54) is 44.9 Å². The standard InChI is InChI=1S/C26H45N5O/c1-29-11-13-30(14-12-29)26(32)24-15-19-9-10-20(25(27)28)16-23(19)31(24)17-21-7-4-6-18-5-2-3-8-22(18)21/h18-24H,2-17H2,1H3,(H3,27,28). The fourth-order valence-electron chi connectivity index (χ4n) is 8.14. The Hall–Kier alpha value is -1.14. The van der Waals surface area contributed by atoms with Crippen molar-refractivity contribution in [3.8, 4) is 0 Å². The predicted molar refractivity (Wildman–Crippen MR) is 129 cm³/mol. The lowest BCUT2D eigenvalue weighted by molar-refractivity contribution is -0.138. The number of nitrogens with two attached hydrogens (primary N) is 1. The van der Waals surface area contributed by atoms with E-state index in [4.69, 9.17) is 11.1 Å².